The van der Waals surface area contributed by atoms with E-state index in [1.54, 1.807) is 12.4 Å². The number of nitrogens with two attached hydrogens (primary N) is 1. The highest BCUT2D eigenvalue weighted by Crippen LogP contribution is 2.43. The van der Waals surface area contributed by atoms with Crippen LogP contribution in [0.5, 0.6) is 0 Å². The lowest BCUT2D eigenvalue weighted by Gasteiger charge is -2.40. The second-order valence-corrected chi connectivity index (χ2v) is 6.31. The fourth-order valence-corrected chi connectivity index (χ4v) is 3.31. The largest absolute Gasteiger partial charge is 0.396 e. The topological polar surface area (TPSA) is 50.9 Å². The molecule has 2 rings (SSSR count). The van der Waals surface area contributed by atoms with E-state index in [2.05, 4.69) is 32.5 Å². The fourth-order valence-electron chi connectivity index (χ4n) is 1.91. The lowest BCUT2D eigenvalue weighted by atomic mass is 9.84. The maximum atomic E-state index is 5.89. The second kappa shape index (κ2) is 4.84. The van der Waals surface area contributed by atoms with Gasteiger partial charge in [0.1, 0.15) is 0 Å². The molecule has 0 aliphatic heterocycles. The highest BCUT2D eigenvalue weighted by Gasteiger charge is 2.35. The van der Waals surface area contributed by atoms with Gasteiger partial charge in [0.15, 0.2) is 0 Å². The van der Waals surface area contributed by atoms with E-state index in [0.29, 0.717) is 10.4 Å². The molecule has 1 fully saturated rings. The van der Waals surface area contributed by atoms with Gasteiger partial charge in [-0.25, -0.2) is 0 Å². The maximum absolute atomic E-state index is 5.89. The summed E-state index contributed by atoms with van der Waals surface area (Å²) in [5.74, 6) is 0. The smallest absolute Gasteiger partial charge is 0.0750 e. The first kappa shape index (κ1) is 12.0. The molecule has 1 aliphatic carbocycles. The van der Waals surface area contributed by atoms with Crippen LogP contribution in [-0.2, 0) is 0 Å². The van der Waals surface area contributed by atoms with Crippen molar-refractivity contribution in [2.24, 2.45) is 0 Å². The molecule has 0 aromatic carbocycles. The Kier molecular flexibility index (Phi) is 3.64. The van der Waals surface area contributed by atoms with Gasteiger partial charge in [-0.1, -0.05) is 6.42 Å². The number of nitrogens with zero attached hydrogens (tertiary/aromatic N) is 1. The summed E-state index contributed by atoms with van der Waals surface area (Å²) in [5.41, 5.74) is 7.56. The van der Waals surface area contributed by atoms with Crippen LogP contribution in [0.25, 0.3) is 0 Å². The highest BCUT2D eigenvalue weighted by molar-refractivity contribution is 9.10. The van der Waals surface area contributed by atoms with E-state index in [1.807, 2.05) is 11.8 Å². The molecule has 0 bridgehead atoms. The van der Waals surface area contributed by atoms with E-state index in [4.69, 9.17) is 5.73 Å². The predicted molar refractivity (Wildman–Crippen MR) is 74.9 cm³/mol. The quantitative estimate of drug-likeness (QED) is 0.897. The molecule has 16 heavy (non-hydrogen) atoms. The van der Waals surface area contributed by atoms with E-state index in [0.717, 1.165) is 16.7 Å². The highest BCUT2D eigenvalue weighted by atomic mass is 79.9. The van der Waals surface area contributed by atoms with Gasteiger partial charge in [0.2, 0.25) is 0 Å². The van der Waals surface area contributed by atoms with Crippen LogP contribution in [0, 0.1) is 0 Å². The minimum atomic E-state index is 0.412. The van der Waals surface area contributed by atoms with E-state index in [-0.39, 0.29) is 0 Å². The number of aromatic nitrogens is 1. The van der Waals surface area contributed by atoms with E-state index < -0.39 is 0 Å². The monoisotopic (exact) mass is 301 g/mol. The average Bonchev–Trinajstić information content (AvgIpc) is 2.20. The summed E-state index contributed by atoms with van der Waals surface area (Å²) in [6, 6.07) is 0. The van der Waals surface area contributed by atoms with Crippen LogP contribution >= 0.6 is 27.7 Å². The molecule has 5 heteroatoms. The summed E-state index contributed by atoms with van der Waals surface area (Å²) in [5, 5.41) is 3.44. The number of halogens is 1. The van der Waals surface area contributed by atoms with Crippen molar-refractivity contribution < 1.29 is 0 Å². The first-order valence-electron chi connectivity index (χ1n) is 5.35. The molecule has 88 valence electrons. The average molecular weight is 302 g/mol. The minimum absolute atomic E-state index is 0.412. The Hall–Kier alpha value is -0.420. The first-order chi connectivity index (χ1) is 7.67. The van der Waals surface area contributed by atoms with Crippen LogP contribution in [0.4, 0.5) is 11.4 Å². The molecule has 0 atom stereocenters. The lowest BCUT2D eigenvalue weighted by Crippen LogP contribution is -2.40. The Labute approximate surface area is 109 Å². The fraction of sp³-hybridized carbons (Fsp3) is 0.545. The van der Waals surface area contributed by atoms with Crippen molar-refractivity contribution in [3.8, 4) is 0 Å². The Morgan fingerprint density at radius 3 is 2.81 bits per heavy atom. The Balaban J connectivity index is 2.04. The molecule has 1 saturated carbocycles. The molecule has 0 unspecified atom stereocenters. The van der Waals surface area contributed by atoms with Crippen molar-refractivity contribution in [1.82, 2.24) is 4.98 Å². The van der Waals surface area contributed by atoms with Gasteiger partial charge in [0, 0.05) is 17.5 Å². The van der Waals surface area contributed by atoms with Crippen molar-refractivity contribution in [3.63, 3.8) is 0 Å². The number of hydrogen-bond donors (Lipinski definition) is 2. The molecule has 0 spiro atoms. The molecule has 1 aromatic rings. The van der Waals surface area contributed by atoms with E-state index >= 15 is 0 Å². The van der Waals surface area contributed by atoms with Gasteiger partial charge >= 0.3 is 0 Å². The third kappa shape index (κ3) is 2.30. The number of anilines is 2. The molecule has 0 radical (unpaired) electrons. The molecule has 1 aromatic heterocycles. The number of rotatable bonds is 4. The molecule has 3 nitrogen and oxygen atoms in total. The summed E-state index contributed by atoms with van der Waals surface area (Å²) in [6.45, 7) is 0.973. The minimum Gasteiger partial charge on any atom is -0.396 e. The van der Waals surface area contributed by atoms with Crippen molar-refractivity contribution in [3.05, 3.63) is 16.9 Å². The van der Waals surface area contributed by atoms with Gasteiger partial charge in [-0.05, 0) is 35.0 Å². The van der Waals surface area contributed by atoms with Crippen molar-refractivity contribution in [1.29, 1.82) is 0 Å². The Morgan fingerprint density at radius 2 is 2.31 bits per heavy atom. The molecule has 1 aliphatic rings. The second-order valence-electron chi connectivity index (χ2n) is 4.18. The number of pyridine rings is 1. The van der Waals surface area contributed by atoms with Gasteiger partial charge in [0.25, 0.3) is 0 Å². The summed E-state index contributed by atoms with van der Waals surface area (Å²) in [6.07, 6.45) is 9.57. The summed E-state index contributed by atoms with van der Waals surface area (Å²) < 4.78 is 1.35. The van der Waals surface area contributed by atoms with Crippen LogP contribution < -0.4 is 11.1 Å². The predicted octanol–water partition coefficient (Wildman–Crippen LogP) is 3.12. The van der Waals surface area contributed by atoms with E-state index in [9.17, 15) is 0 Å². The summed E-state index contributed by atoms with van der Waals surface area (Å²) in [7, 11) is 0. The standard InChI is InChI=1S/C11H16BrN3S/c1-16-11(3-2-4-11)7-15-10-8(12)5-14-6-9(10)13/h5-6H,2-4,7,13H2,1H3,(H,14,15). The normalized spacial score (nSPS) is 17.9. The lowest BCUT2D eigenvalue weighted by molar-refractivity contribution is 0.380. The third-order valence-corrected chi connectivity index (χ3v) is 5.23. The van der Waals surface area contributed by atoms with Gasteiger partial charge in [-0.2, -0.15) is 11.8 Å². The van der Waals surface area contributed by atoms with Crippen molar-refractivity contribution >= 4 is 39.1 Å². The third-order valence-electron chi connectivity index (χ3n) is 3.21. The Bertz CT molecular complexity index is 354. The number of nitrogen functional groups attached to an aromatic ring is 1. The molecule has 0 saturated heterocycles. The zero-order chi connectivity index (χ0) is 11.6. The Morgan fingerprint density at radius 1 is 1.56 bits per heavy atom. The number of nitrogens with one attached hydrogen (secondary N) is 1. The molecular weight excluding hydrogens is 286 g/mol. The van der Waals surface area contributed by atoms with Crippen molar-refractivity contribution in [2.45, 2.75) is 24.0 Å². The van der Waals surface area contributed by atoms with E-state index in [1.165, 1.54) is 19.3 Å². The maximum Gasteiger partial charge on any atom is 0.0750 e. The van der Waals surface area contributed by atoms with Crippen LogP contribution in [0.1, 0.15) is 19.3 Å². The van der Waals surface area contributed by atoms with Gasteiger partial charge in [-0.3, -0.25) is 4.98 Å². The zero-order valence-corrected chi connectivity index (χ0v) is 11.7. The first-order valence-corrected chi connectivity index (χ1v) is 7.37. The SMILES string of the molecule is CSC1(CNc2c(N)cncc2Br)CCC1. The van der Waals surface area contributed by atoms with Crippen LogP contribution in [-0.4, -0.2) is 22.5 Å². The van der Waals surface area contributed by atoms with Crippen LogP contribution in [0.2, 0.25) is 0 Å². The van der Waals surface area contributed by atoms with Crippen LogP contribution in [0.3, 0.4) is 0 Å². The number of thioether (sulfide) groups is 1. The summed E-state index contributed by atoms with van der Waals surface area (Å²) in [4.78, 5) is 4.03. The van der Waals surface area contributed by atoms with Crippen LogP contribution in [0.15, 0.2) is 16.9 Å². The number of hydrogen-bond acceptors (Lipinski definition) is 4. The molecule has 1 heterocycles. The summed E-state index contributed by atoms with van der Waals surface area (Å²) >= 11 is 5.42. The molecular formula is C11H16BrN3S. The van der Waals surface area contributed by atoms with Gasteiger partial charge in [-0.15, -0.1) is 0 Å². The van der Waals surface area contributed by atoms with Gasteiger partial charge in [0.05, 0.1) is 22.0 Å². The molecule has 3 N–H and O–H groups in total. The zero-order valence-electron chi connectivity index (χ0n) is 9.29. The molecule has 0 amide bonds. The van der Waals surface area contributed by atoms with Crippen molar-refractivity contribution in [2.75, 3.05) is 23.9 Å². The van der Waals surface area contributed by atoms with Gasteiger partial charge < -0.3 is 11.1 Å².